The van der Waals surface area contributed by atoms with Crippen molar-refractivity contribution in [3.05, 3.63) is 87.4 Å². The molecule has 0 saturated carbocycles. The average molecular weight is 627 g/mol. The van der Waals surface area contributed by atoms with Gasteiger partial charge in [0.25, 0.3) is 5.91 Å². The number of ether oxygens (including phenoxy) is 3. The van der Waals surface area contributed by atoms with E-state index < -0.39 is 17.7 Å². The summed E-state index contributed by atoms with van der Waals surface area (Å²) in [6, 6.07) is 10.8. The van der Waals surface area contributed by atoms with Crippen LogP contribution in [0.1, 0.15) is 26.3 Å². The number of rotatable bonds is 6. The van der Waals surface area contributed by atoms with E-state index in [2.05, 4.69) is 5.10 Å². The second-order valence-electron chi connectivity index (χ2n) is 10.0. The van der Waals surface area contributed by atoms with Gasteiger partial charge in [0.15, 0.2) is 12.5 Å². The number of hydrogen-bond donors (Lipinski definition) is 1. The van der Waals surface area contributed by atoms with E-state index in [0.29, 0.717) is 60.4 Å². The van der Waals surface area contributed by atoms with E-state index in [0.717, 1.165) is 6.07 Å². The van der Waals surface area contributed by atoms with Gasteiger partial charge in [-0.25, -0.2) is 9.18 Å². The van der Waals surface area contributed by atoms with Crippen molar-refractivity contribution in [3.63, 3.8) is 0 Å². The molecule has 1 aromatic heterocycles. The number of anilines is 1. The van der Waals surface area contributed by atoms with Crippen molar-refractivity contribution in [1.29, 1.82) is 0 Å². The van der Waals surface area contributed by atoms with Crippen LogP contribution in [0.5, 0.6) is 17.2 Å². The maximum absolute atomic E-state index is 15.4. The first-order chi connectivity index (χ1) is 20.7. The quantitative estimate of drug-likeness (QED) is 0.284. The molecule has 0 bridgehead atoms. The number of carboxylic acids is 1. The van der Waals surface area contributed by atoms with Gasteiger partial charge in [0.2, 0.25) is 0 Å². The van der Waals surface area contributed by atoms with Crippen LogP contribution in [0.15, 0.2) is 54.9 Å². The monoisotopic (exact) mass is 626 g/mol. The number of carboxylic acid groups (broad SMARTS) is 1. The molecular formula is C30H25Cl2FN4O6. The normalized spacial score (nSPS) is 14.7. The van der Waals surface area contributed by atoms with Crippen molar-refractivity contribution in [2.75, 3.05) is 37.9 Å². The zero-order valence-corrected chi connectivity index (χ0v) is 24.4. The molecule has 1 amide bonds. The molecule has 3 aromatic carbocycles. The number of para-hydroxylation sites is 1. The Hall–Kier alpha value is -4.32. The summed E-state index contributed by atoms with van der Waals surface area (Å²) in [6.45, 7) is 1.84. The Morgan fingerprint density at radius 1 is 1.05 bits per heavy atom. The van der Waals surface area contributed by atoms with Crippen LogP contribution in [-0.2, 0) is 18.3 Å². The third kappa shape index (κ3) is 5.71. The van der Waals surface area contributed by atoms with Crippen LogP contribution < -0.4 is 14.4 Å². The number of hydrogen-bond acceptors (Lipinski definition) is 7. The maximum atomic E-state index is 15.4. The Morgan fingerprint density at radius 3 is 2.47 bits per heavy atom. The topological polar surface area (TPSA) is 106 Å². The average Bonchev–Trinajstić information content (AvgIpc) is 3.40. The lowest BCUT2D eigenvalue weighted by molar-refractivity contribution is 0.0516. The predicted molar refractivity (Wildman–Crippen MR) is 157 cm³/mol. The highest BCUT2D eigenvalue weighted by Crippen LogP contribution is 2.41. The summed E-state index contributed by atoms with van der Waals surface area (Å²) >= 11 is 13.0. The minimum absolute atomic E-state index is 0.0931. The van der Waals surface area contributed by atoms with Crippen LogP contribution in [-0.4, -0.2) is 64.7 Å². The summed E-state index contributed by atoms with van der Waals surface area (Å²) < 4.78 is 34.2. The van der Waals surface area contributed by atoms with Crippen molar-refractivity contribution in [1.82, 2.24) is 14.7 Å². The number of aromatic carboxylic acids is 1. The SMILES string of the molecule is Cn1cc(Oc2cc(Cl)c(C(=O)N3COc4c(cccc4-c4cc(N5CCOCC5)c(C(=O)O)cc4F)C3)c(Cl)c2)cn1. The largest absolute Gasteiger partial charge is 0.478 e. The highest BCUT2D eigenvalue weighted by molar-refractivity contribution is 6.39. The molecule has 10 nitrogen and oxygen atoms in total. The van der Waals surface area contributed by atoms with Crippen LogP contribution >= 0.6 is 23.2 Å². The minimum atomic E-state index is -1.22. The van der Waals surface area contributed by atoms with E-state index in [9.17, 15) is 14.7 Å². The zero-order valence-electron chi connectivity index (χ0n) is 22.8. The van der Waals surface area contributed by atoms with Crippen molar-refractivity contribution < 1.29 is 33.3 Å². The summed E-state index contributed by atoms with van der Waals surface area (Å²) in [5, 5.41) is 14.0. The molecule has 4 aromatic rings. The predicted octanol–water partition coefficient (Wildman–Crippen LogP) is 5.85. The van der Waals surface area contributed by atoms with Gasteiger partial charge in [-0.2, -0.15) is 5.10 Å². The van der Waals surface area contributed by atoms with E-state index >= 15 is 4.39 Å². The first-order valence-corrected chi connectivity index (χ1v) is 14.0. The molecule has 0 atom stereocenters. The molecule has 0 radical (unpaired) electrons. The van der Waals surface area contributed by atoms with Crippen LogP contribution in [0, 0.1) is 5.82 Å². The summed E-state index contributed by atoms with van der Waals surface area (Å²) in [5.41, 5.74) is 1.64. The van der Waals surface area contributed by atoms with Gasteiger partial charge in [-0.15, -0.1) is 0 Å². The van der Waals surface area contributed by atoms with E-state index in [4.69, 9.17) is 37.4 Å². The van der Waals surface area contributed by atoms with Gasteiger partial charge in [-0.05, 0) is 12.1 Å². The fourth-order valence-electron chi connectivity index (χ4n) is 5.18. The van der Waals surface area contributed by atoms with Gasteiger partial charge in [0.05, 0.1) is 59.0 Å². The Labute approximate surface area is 255 Å². The third-order valence-corrected chi connectivity index (χ3v) is 7.81. The molecule has 3 heterocycles. The fraction of sp³-hybridized carbons (Fsp3) is 0.233. The number of nitrogens with zero attached hydrogens (tertiary/aromatic N) is 4. The van der Waals surface area contributed by atoms with E-state index in [1.54, 1.807) is 36.1 Å². The highest BCUT2D eigenvalue weighted by atomic mass is 35.5. The third-order valence-electron chi connectivity index (χ3n) is 7.21. The fourth-order valence-corrected chi connectivity index (χ4v) is 5.81. The molecule has 0 spiro atoms. The molecule has 1 saturated heterocycles. The summed E-state index contributed by atoms with van der Waals surface area (Å²) in [6.07, 6.45) is 3.21. The Kier molecular flexibility index (Phi) is 7.87. The molecule has 1 fully saturated rings. The second-order valence-corrected chi connectivity index (χ2v) is 10.9. The molecular weight excluding hydrogens is 602 g/mol. The molecule has 1 N–H and O–H groups in total. The molecule has 43 heavy (non-hydrogen) atoms. The molecule has 0 unspecified atom stereocenters. The van der Waals surface area contributed by atoms with Gasteiger partial charge in [0.1, 0.15) is 17.3 Å². The van der Waals surface area contributed by atoms with Crippen molar-refractivity contribution >= 4 is 40.8 Å². The Balaban J connectivity index is 1.28. The Bertz CT molecular complexity index is 1720. The molecule has 13 heteroatoms. The summed E-state index contributed by atoms with van der Waals surface area (Å²) in [4.78, 5) is 28.8. The first-order valence-electron chi connectivity index (χ1n) is 13.3. The van der Waals surface area contributed by atoms with E-state index in [1.807, 2.05) is 4.90 Å². The van der Waals surface area contributed by atoms with Crippen LogP contribution in [0.3, 0.4) is 0 Å². The lowest BCUT2D eigenvalue weighted by atomic mass is 9.97. The number of benzene rings is 3. The molecule has 2 aliphatic rings. The molecule has 222 valence electrons. The minimum Gasteiger partial charge on any atom is -0.478 e. The zero-order chi connectivity index (χ0) is 30.2. The molecule has 6 rings (SSSR count). The standard InChI is InChI=1S/C30H25Cl2FN4O6/c1-35-15-19(13-34-35)43-18-9-23(31)27(24(32)10-18)29(38)37-14-17-3-2-4-20(28(17)42-16-37)21-12-26(36-5-7-41-8-6-36)22(30(39)40)11-25(21)33/h2-4,9-13,15H,5-8,14,16H2,1H3,(H,39,40). The number of carbonyl (C=O) groups is 2. The Morgan fingerprint density at radius 2 is 1.79 bits per heavy atom. The van der Waals surface area contributed by atoms with Gasteiger partial charge in [-0.1, -0.05) is 41.4 Å². The number of morpholine rings is 1. The number of fused-ring (bicyclic) bond motifs is 1. The number of halogens is 3. The summed E-state index contributed by atoms with van der Waals surface area (Å²) in [5.74, 6) is -1.14. The van der Waals surface area contributed by atoms with Crippen LogP contribution in [0.2, 0.25) is 10.0 Å². The molecule has 0 aliphatic carbocycles. The van der Waals surface area contributed by atoms with E-state index in [-0.39, 0.29) is 40.0 Å². The highest BCUT2D eigenvalue weighted by Gasteiger charge is 2.30. The van der Waals surface area contributed by atoms with Crippen molar-refractivity contribution in [2.45, 2.75) is 6.54 Å². The lowest BCUT2D eigenvalue weighted by Crippen LogP contribution is -2.37. The first kappa shape index (κ1) is 28.8. The lowest BCUT2D eigenvalue weighted by Gasteiger charge is -2.32. The molecule has 2 aliphatic heterocycles. The summed E-state index contributed by atoms with van der Waals surface area (Å²) in [7, 11) is 1.75. The second kappa shape index (κ2) is 11.8. The van der Waals surface area contributed by atoms with Gasteiger partial charge < -0.3 is 29.1 Å². The number of aromatic nitrogens is 2. The maximum Gasteiger partial charge on any atom is 0.337 e. The van der Waals surface area contributed by atoms with Crippen LogP contribution in [0.25, 0.3) is 11.1 Å². The number of aryl methyl sites for hydroxylation is 1. The van der Waals surface area contributed by atoms with Gasteiger partial charge in [0, 0.05) is 49.0 Å². The number of carbonyl (C=O) groups excluding carboxylic acids is 1. The van der Waals surface area contributed by atoms with Crippen molar-refractivity contribution in [3.8, 4) is 28.4 Å². The smallest absolute Gasteiger partial charge is 0.337 e. The van der Waals surface area contributed by atoms with Gasteiger partial charge >= 0.3 is 5.97 Å². The van der Waals surface area contributed by atoms with Gasteiger partial charge in [-0.3, -0.25) is 9.48 Å². The number of amides is 1. The van der Waals surface area contributed by atoms with Crippen molar-refractivity contribution in [2.24, 2.45) is 7.05 Å². The van der Waals surface area contributed by atoms with E-state index in [1.165, 1.54) is 29.3 Å². The van der Waals surface area contributed by atoms with Crippen LogP contribution in [0.4, 0.5) is 10.1 Å².